The minimum absolute atomic E-state index is 0.00125. The molecule has 148 valence electrons. The maximum atomic E-state index is 13.9. The van der Waals surface area contributed by atoms with Gasteiger partial charge >= 0.3 is 0 Å². The summed E-state index contributed by atoms with van der Waals surface area (Å²) >= 11 is 5.96. The van der Waals surface area contributed by atoms with Crippen molar-refractivity contribution in [2.45, 2.75) is 24.6 Å². The standard InChI is InChI=1S/C21H22ClFN2O3/c1-27-19-7-4-14(8-18(19)23)21(26)24-16-9-17-12-28-20(11-25(17)10-16)13-2-5-15(22)6-3-13/h2-8,16-17,20H,9-12H2,1H3,(H,24,26)/t16-,17-,20+/m0/s1. The zero-order chi connectivity index (χ0) is 19.7. The number of carbonyl (C=O) groups is 1. The molecule has 2 heterocycles. The van der Waals surface area contributed by atoms with Crippen LogP contribution in [0, 0.1) is 5.82 Å². The zero-order valence-corrected chi connectivity index (χ0v) is 16.3. The molecule has 0 saturated carbocycles. The quantitative estimate of drug-likeness (QED) is 0.848. The van der Waals surface area contributed by atoms with Crippen LogP contribution in [0.25, 0.3) is 0 Å². The maximum Gasteiger partial charge on any atom is 0.251 e. The van der Waals surface area contributed by atoms with Gasteiger partial charge in [-0.2, -0.15) is 0 Å². The number of hydrogen-bond acceptors (Lipinski definition) is 4. The van der Waals surface area contributed by atoms with E-state index in [2.05, 4.69) is 10.2 Å². The summed E-state index contributed by atoms with van der Waals surface area (Å²) in [6.45, 7) is 2.15. The smallest absolute Gasteiger partial charge is 0.251 e. The number of carbonyl (C=O) groups excluding carboxylic acids is 1. The molecule has 7 heteroatoms. The molecule has 2 aromatic rings. The molecule has 0 spiro atoms. The Morgan fingerprint density at radius 1 is 1.25 bits per heavy atom. The van der Waals surface area contributed by atoms with Crippen molar-refractivity contribution in [3.05, 3.63) is 64.4 Å². The Morgan fingerprint density at radius 3 is 2.75 bits per heavy atom. The van der Waals surface area contributed by atoms with Crippen LogP contribution in [0.4, 0.5) is 4.39 Å². The van der Waals surface area contributed by atoms with Crippen LogP contribution in [-0.2, 0) is 4.74 Å². The Bertz CT molecular complexity index is 861. The largest absolute Gasteiger partial charge is 0.494 e. The first kappa shape index (κ1) is 19.2. The van der Waals surface area contributed by atoms with Crippen molar-refractivity contribution in [2.75, 3.05) is 26.8 Å². The second-order valence-corrected chi connectivity index (χ2v) is 7.67. The second kappa shape index (κ2) is 8.07. The van der Waals surface area contributed by atoms with Gasteiger partial charge in [0.05, 0.1) is 19.8 Å². The van der Waals surface area contributed by atoms with Crippen LogP contribution < -0.4 is 10.1 Å². The normalized spacial score (nSPS) is 24.6. The van der Waals surface area contributed by atoms with Gasteiger partial charge in [0.2, 0.25) is 0 Å². The van der Waals surface area contributed by atoms with E-state index in [1.807, 2.05) is 24.3 Å². The summed E-state index contributed by atoms with van der Waals surface area (Å²) in [5, 5.41) is 3.72. The molecule has 0 unspecified atom stereocenters. The lowest BCUT2D eigenvalue weighted by Gasteiger charge is -2.35. The molecular formula is C21H22ClFN2O3. The Labute approximate surface area is 168 Å². The van der Waals surface area contributed by atoms with E-state index in [4.69, 9.17) is 21.1 Å². The van der Waals surface area contributed by atoms with Crippen molar-refractivity contribution in [1.82, 2.24) is 10.2 Å². The number of hydrogen-bond donors (Lipinski definition) is 1. The first-order chi connectivity index (χ1) is 13.5. The number of nitrogens with one attached hydrogen (secondary N) is 1. The Hall–Kier alpha value is -2.15. The van der Waals surface area contributed by atoms with E-state index in [0.29, 0.717) is 17.2 Å². The SMILES string of the molecule is COc1ccc(C(=O)N[C@H]2C[C@H]3CO[C@@H](c4ccc(Cl)cc4)CN3C2)cc1F. The zero-order valence-electron chi connectivity index (χ0n) is 15.5. The van der Waals surface area contributed by atoms with Gasteiger partial charge in [-0.25, -0.2) is 4.39 Å². The van der Waals surface area contributed by atoms with Crippen LogP contribution in [0.3, 0.4) is 0 Å². The highest BCUT2D eigenvalue weighted by molar-refractivity contribution is 6.30. The number of rotatable bonds is 4. The first-order valence-corrected chi connectivity index (χ1v) is 9.67. The molecule has 0 bridgehead atoms. The van der Waals surface area contributed by atoms with E-state index >= 15 is 0 Å². The lowest BCUT2D eigenvalue weighted by atomic mass is 10.1. The summed E-state index contributed by atoms with van der Waals surface area (Å²) in [7, 11) is 1.40. The third-order valence-electron chi connectivity index (χ3n) is 5.41. The number of ether oxygens (including phenoxy) is 2. The van der Waals surface area contributed by atoms with Gasteiger partial charge in [0.25, 0.3) is 5.91 Å². The highest BCUT2D eigenvalue weighted by atomic mass is 35.5. The average Bonchev–Trinajstić information content (AvgIpc) is 3.09. The number of halogens is 2. The summed E-state index contributed by atoms with van der Waals surface area (Å²) in [5.74, 6) is -0.695. The van der Waals surface area contributed by atoms with Crippen LogP contribution in [0.1, 0.15) is 28.4 Å². The number of benzene rings is 2. The fourth-order valence-electron chi connectivity index (χ4n) is 3.93. The van der Waals surface area contributed by atoms with Crippen molar-refractivity contribution >= 4 is 17.5 Å². The highest BCUT2D eigenvalue weighted by Gasteiger charge is 2.38. The van der Waals surface area contributed by atoms with Crippen LogP contribution in [-0.4, -0.2) is 49.7 Å². The summed E-state index contributed by atoms with van der Waals surface area (Å²) in [6, 6.07) is 12.2. The molecule has 1 amide bonds. The molecule has 3 atom stereocenters. The molecule has 2 fully saturated rings. The van der Waals surface area contributed by atoms with Gasteiger partial charge in [0.15, 0.2) is 11.6 Å². The van der Waals surface area contributed by atoms with Gasteiger partial charge < -0.3 is 14.8 Å². The van der Waals surface area contributed by atoms with E-state index in [-0.39, 0.29) is 29.8 Å². The third-order valence-corrected chi connectivity index (χ3v) is 5.66. The van der Waals surface area contributed by atoms with E-state index in [9.17, 15) is 9.18 Å². The summed E-state index contributed by atoms with van der Waals surface area (Å²) < 4.78 is 24.8. The Kier molecular flexibility index (Phi) is 5.53. The van der Waals surface area contributed by atoms with Crippen molar-refractivity contribution in [3.8, 4) is 5.75 Å². The monoisotopic (exact) mass is 404 g/mol. The van der Waals surface area contributed by atoms with Gasteiger partial charge in [-0.3, -0.25) is 9.69 Å². The molecule has 0 aliphatic carbocycles. The summed E-state index contributed by atoms with van der Waals surface area (Å²) in [4.78, 5) is 14.8. The molecule has 2 aliphatic rings. The predicted molar refractivity (Wildman–Crippen MR) is 104 cm³/mol. The molecule has 2 aliphatic heterocycles. The molecule has 5 nitrogen and oxygen atoms in total. The molecular weight excluding hydrogens is 383 g/mol. The topological polar surface area (TPSA) is 50.8 Å². The van der Waals surface area contributed by atoms with Crippen LogP contribution >= 0.6 is 11.6 Å². The van der Waals surface area contributed by atoms with Crippen LogP contribution in [0.5, 0.6) is 5.75 Å². The number of methoxy groups -OCH3 is 1. The van der Waals surface area contributed by atoms with Gasteiger partial charge in [-0.1, -0.05) is 23.7 Å². The van der Waals surface area contributed by atoms with Crippen molar-refractivity contribution < 1.29 is 18.7 Å². The van der Waals surface area contributed by atoms with E-state index in [1.54, 1.807) is 6.07 Å². The van der Waals surface area contributed by atoms with Crippen LogP contribution in [0.2, 0.25) is 5.02 Å². The van der Waals surface area contributed by atoms with E-state index < -0.39 is 5.82 Å². The van der Waals surface area contributed by atoms with Gasteiger partial charge in [0, 0.05) is 35.8 Å². The van der Waals surface area contributed by atoms with E-state index in [0.717, 1.165) is 25.1 Å². The van der Waals surface area contributed by atoms with Crippen LogP contribution in [0.15, 0.2) is 42.5 Å². The van der Waals surface area contributed by atoms with Gasteiger partial charge in [-0.15, -0.1) is 0 Å². The fraction of sp³-hybridized carbons (Fsp3) is 0.381. The first-order valence-electron chi connectivity index (χ1n) is 9.29. The number of nitrogens with zero attached hydrogens (tertiary/aromatic N) is 1. The number of fused-ring (bicyclic) bond motifs is 1. The van der Waals surface area contributed by atoms with Gasteiger partial charge in [-0.05, 0) is 42.3 Å². The Morgan fingerprint density at radius 2 is 2.04 bits per heavy atom. The molecule has 4 rings (SSSR count). The molecule has 28 heavy (non-hydrogen) atoms. The fourth-order valence-corrected chi connectivity index (χ4v) is 4.06. The van der Waals surface area contributed by atoms with Crippen molar-refractivity contribution in [1.29, 1.82) is 0 Å². The molecule has 2 aromatic carbocycles. The molecule has 0 radical (unpaired) electrons. The molecule has 2 saturated heterocycles. The van der Waals surface area contributed by atoms with Crippen molar-refractivity contribution in [2.24, 2.45) is 0 Å². The predicted octanol–water partition coefficient (Wildman–Crippen LogP) is 3.43. The Balaban J connectivity index is 1.37. The minimum atomic E-state index is -0.543. The molecule has 0 aromatic heterocycles. The van der Waals surface area contributed by atoms with Gasteiger partial charge in [0.1, 0.15) is 0 Å². The summed E-state index contributed by atoms with van der Waals surface area (Å²) in [5.41, 5.74) is 1.39. The highest BCUT2D eigenvalue weighted by Crippen LogP contribution is 2.31. The second-order valence-electron chi connectivity index (χ2n) is 7.24. The minimum Gasteiger partial charge on any atom is -0.494 e. The maximum absolute atomic E-state index is 13.9. The lowest BCUT2D eigenvalue weighted by molar-refractivity contribution is -0.0502. The number of morpholine rings is 1. The summed E-state index contributed by atoms with van der Waals surface area (Å²) in [6.07, 6.45) is 0.816. The third kappa shape index (κ3) is 3.99. The van der Waals surface area contributed by atoms with Crippen molar-refractivity contribution in [3.63, 3.8) is 0 Å². The molecule has 1 N–H and O–H groups in total. The average molecular weight is 405 g/mol. The number of amides is 1. The van der Waals surface area contributed by atoms with E-state index in [1.165, 1.54) is 19.2 Å². The lowest BCUT2D eigenvalue weighted by Crippen LogP contribution is -2.43.